The van der Waals surface area contributed by atoms with E-state index in [2.05, 4.69) is 9.97 Å². The van der Waals surface area contributed by atoms with Crippen molar-refractivity contribution in [3.63, 3.8) is 0 Å². The third-order valence-corrected chi connectivity index (χ3v) is 5.29. The summed E-state index contributed by atoms with van der Waals surface area (Å²) in [4.78, 5) is 31.7. The van der Waals surface area contributed by atoms with Crippen molar-refractivity contribution in [2.45, 2.75) is 0 Å². The van der Waals surface area contributed by atoms with E-state index < -0.39 is 5.91 Å². The lowest BCUT2D eigenvalue weighted by atomic mass is 10.0. The van der Waals surface area contributed by atoms with Gasteiger partial charge in [0.25, 0.3) is 0 Å². The Balaban J connectivity index is 1.79. The molecular formula is C21H13Cl2N3O2. The smallest absolute Gasteiger partial charge is 0.248 e. The van der Waals surface area contributed by atoms with E-state index in [0.29, 0.717) is 32.7 Å². The molecule has 0 aliphatic rings. The maximum absolute atomic E-state index is 13.0. The predicted octanol–water partition coefficient (Wildman–Crippen LogP) is 4.87. The van der Waals surface area contributed by atoms with Crippen LogP contribution in [-0.2, 0) is 0 Å². The van der Waals surface area contributed by atoms with Crippen LogP contribution in [0, 0.1) is 0 Å². The van der Waals surface area contributed by atoms with Gasteiger partial charge in [-0.05, 0) is 35.9 Å². The lowest BCUT2D eigenvalue weighted by molar-refractivity contribution is 0.0998. The number of amides is 1. The number of carbonyl (C=O) groups excluding carboxylic acids is 2. The molecule has 2 aromatic carbocycles. The minimum atomic E-state index is -0.489. The standard InChI is InChI=1S/C21H13Cl2N3O2/c22-17-3-1-2-14(18(17)23)19(27)16-10-26-21-15(16)8-13(9-25-21)11-4-6-12(7-5-11)20(24)28/h1-10H,(H2,24,28)(H,25,26). The zero-order valence-electron chi connectivity index (χ0n) is 14.4. The number of hydrogen-bond acceptors (Lipinski definition) is 3. The van der Waals surface area contributed by atoms with Gasteiger partial charge in [-0.15, -0.1) is 0 Å². The van der Waals surface area contributed by atoms with E-state index in [1.807, 2.05) is 6.07 Å². The van der Waals surface area contributed by atoms with Crippen LogP contribution in [0.3, 0.4) is 0 Å². The molecule has 0 saturated carbocycles. The van der Waals surface area contributed by atoms with Gasteiger partial charge in [-0.3, -0.25) is 9.59 Å². The molecule has 0 fully saturated rings. The van der Waals surface area contributed by atoms with Crippen molar-refractivity contribution in [1.29, 1.82) is 0 Å². The second-order valence-corrected chi connectivity index (χ2v) is 6.98. The highest BCUT2D eigenvalue weighted by Gasteiger charge is 2.19. The fourth-order valence-corrected chi connectivity index (χ4v) is 3.39. The van der Waals surface area contributed by atoms with Gasteiger partial charge in [-0.25, -0.2) is 4.98 Å². The number of nitrogens with zero attached hydrogens (tertiary/aromatic N) is 1. The Morgan fingerprint density at radius 2 is 1.71 bits per heavy atom. The predicted molar refractivity (Wildman–Crippen MR) is 110 cm³/mol. The SMILES string of the molecule is NC(=O)c1ccc(-c2cnc3[nH]cc(C(=O)c4cccc(Cl)c4Cl)c3c2)cc1. The molecule has 28 heavy (non-hydrogen) atoms. The number of pyridine rings is 1. The minimum absolute atomic E-state index is 0.217. The van der Waals surface area contributed by atoms with Crippen LogP contribution in [0.25, 0.3) is 22.2 Å². The number of rotatable bonds is 4. The second kappa shape index (κ2) is 7.11. The third-order valence-electron chi connectivity index (χ3n) is 4.47. The fourth-order valence-electron chi connectivity index (χ4n) is 3.00. The Hall–Kier alpha value is -3.15. The number of nitrogens with two attached hydrogens (primary N) is 1. The molecule has 0 radical (unpaired) electrons. The molecule has 0 aliphatic carbocycles. The molecule has 7 heteroatoms. The van der Waals surface area contributed by atoms with E-state index in [0.717, 1.165) is 11.1 Å². The zero-order valence-corrected chi connectivity index (χ0v) is 15.9. The molecule has 4 aromatic rings. The summed E-state index contributed by atoms with van der Waals surface area (Å²) >= 11 is 12.2. The molecule has 3 N–H and O–H groups in total. The second-order valence-electron chi connectivity index (χ2n) is 6.19. The Morgan fingerprint density at radius 3 is 2.43 bits per heavy atom. The maximum atomic E-state index is 13.0. The van der Waals surface area contributed by atoms with E-state index in [4.69, 9.17) is 28.9 Å². The van der Waals surface area contributed by atoms with Crippen LogP contribution in [0.2, 0.25) is 10.0 Å². The summed E-state index contributed by atoms with van der Waals surface area (Å²) in [5, 5.41) is 1.20. The Labute approximate surface area is 170 Å². The van der Waals surface area contributed by atoms with Gasteiger partial charge >= 0.3 is 0 Å². The topological polar surface area (TPSA) is 88.8 Å². The molecule has 0 aliphatic heterocycles. The lowest BCUT2D eigenvalue weighted by Crippen LogP contribution is -2.10. The molecule has 2 heterocycles. The molecule has 1 amide bonds. The first-order chi connectivity index (χ1) is 13.5. The third kappa shape index (κ3) is 3.15. The van der Waals surface area contributed by atoms with Crippen molar-refractivity contribution in [2.75, 3.05) is 0 Å². The number of aromatic nitrogens is 2. The highest BCUT2D eigenvalue weighted by Crippen LogP contribution is 2.30. The van der Waals surface area contributed by atoms with Gasteiger partial charge < -0.3 is 10.7 Å². The van der Waals surface area contributed by atoms with Gasteiger partial charge in [0.1, 0.15) is 5.65 Å². The van der Waals surface area contributed by atoms with Crippen LogP contribution in [0.5, 0.6) is 0 Å². The number of hydrogen-bond donors (Lipinski definition) is 2. The van der Waals surface area contributed by atoms with E-state index in [9.17, 15) is 9.59 Å². The number of primary amides is 1. The normalized spacial score (nSPS) is 10.9. The molecular weight excluding hydrogens is 397 g/mol. The minimum Gasteiger partial charge on any atom is -0.366 e. The molecule has 0 unspecified atom stereocenters. The van der Waals surface area contributed by atoms with Crippen molar-refractivity contribution in [3.05, 3.63) is 87.7 Å². The van der Waals surface area contributed by atoms with Crippen LogP contribution in [0.4, 0.5) is 0 Å². The number of ketones is 1. The average molecular weight is 410 g/mol. The Bertz CT molecular complexity index is 1230. The largest absolute Gasteiger partial charge is 0.366 e. The van der Waals surface area contributed by atoms with Gasteiger partial charge in [0.05, 0.1) is 10.0 Å². The van der Waals surface area contributed by atoms with Crippen LogP contribution in [0.1, 0.15) is 26.3 Å². The number of H-pyrrole nitrogens is 1. The number of benzene rings is 2. The van der Waals surface area contributed by atoms with E-state index >= 15 is 0 Å². The quantitative estimate of drug-likeness (QED) is 0.471. The first-order valence-electron chi connectivity index (χ1n) is 8.32. The van der Waals surface area contributed by atoms with Crippen LogP contribution < -0.4 is 5.73 Å². The Morgan fingerprint density at radius 1 is 0.964 bits per heavy atom. The van der Waals surface area contributed by atoms with Crippen molar-refractivity contribution in [3.8, 4) is 11.1 Å². The number of aromatic amines is 1. The number of carbonyl (C=O) groups is 2. The first kappa shape index (κ1) is 18.2. The number of nitrogens with one attached hydrogen (secondary N) is 1. The first-order valence-corrected chi connectivity index (χ1v) is 9.07. The summed E-state index contributed by atoms with van der Waals surface area (Å²) in [5.41, 5.74) is 8.70. The number of halogens is 2. The summed E-state index contributed by atoms with van der Waals surface area (Å²) in [6.45, 7) is 0. The van der Waals surface area contributed by atoms with Gasteiger partial charge in [0.2, 0.25) is 5.91 Å². The summed E-state index contributed by atoms with van der Waals surface area (Å²) in [6.07, 6.45) is 3.30. The summed E-state index contributed by atoms with van der Waals surface area (Å²) < 4.78 is 0. The summed E-state index contributed by atoms with van der Waals surface area (Å²) in [7, 11) is 0. The molecule has 0 spiro atoms. The van der Waals surface area contributed by atoms with Crippen LogP contribution >= 0.6 is 23.2 Å². The molecule has 138 valence electrons. The summed E-state index contributed by atoms with van der Waals surface area (Å²) in [6, 6.07) is 13.7. The van der Waals surface area contributed by atoms with Crippen LogP contribution in [0.15, 0.2) is 60.9 Å². The van der Waals surface area contributed by atoms with Crippen molar-refractivity contribution in [1.82, 2.24) is 9.97 Å². The Kier molecular flexibility index (Phi) is 4.63. The monoisotopic (exact) mass is 409 g/mol. The van der Waals surface area contributed by atoms with E-state index in [-0.39, 0.29) is 10.8 Å². The molecule has 0 atom stereocenters. The van der Waals surface area contributed by atoms with Gasteiger partial charge in [-0.2, -0.15) is 0 Å². The van der Waals surface area contributed by atoms with Gasteiger partial charge in [0.15, 0.2) is 5.78 Å². The number of fused-ring (bicyclic) bond motifs is 1. The highest BCUT2D eigenvalue weighted by atomic mass is 35.5. The molecule has 4 rings (SSSR count). The van der Waals surface area contributed by atoms with Crippen molar-refractivity contribution < 1.29 is 9.59 Å². The highest BCUT2D eigenvalue weighted by molar-refractivity contribution is 6.44. The zero-order chi connectivity index (χ0) is 19.8. The van der Waals surface area contributed by atoms with E-state index in [1.165, 1.54) is 0 Å². The molecule has 5 nitrogen and oxygen atoms in total. The lowest BCUT2D eigenvalue weighted by Gasteiger charge is -2.06. The average Bonchev–Trinajstić information content (AvgIpc) is 3.13. The maximum Gasteiger partial charge on any atom is 0.248 e. The molecule has 0 bridgehead atoms. The van der Waals surface area contributed by atoms with Crippen LogP contribution in [-0.4, -0.2) is 21.7 Å². The fraction of sp³-hybridized carbons (Fsp3) is 0. The molecule has 2 aromatic heterocycles. The van der Waals surface area contributed by atoms with Crippen molar-refractivity contribution in [2.24, 2.45) is 5.73 Å². The van der Waals surface area contributed by atoms with E-state index in [1.54, 1.807) is 54.9 Å². The van der Waals surface area contributed by atoms with Crippen molar-refractivity contribution >= 4 is 45.9 Å². The van der Waals surface area contributed by atoms with Gasteiger partial charge in [-0.1, -0.05) is 41.4 Å². The van der Waals surface area contributed by atoms with Gasteiger partial charge in [0, 0.05) is 40.0 Å². The molecule has 0 saturated heterocycles. The summed E-state index contributed by atoms with van der Waals surface area (Å²) in [5.74, 6) is -0.737.